The Labute approximate surface area is 193 Å². The number of esters is 2. The second-order valence-electron chi connectivity index (χ2n) is 4.66. The Kier molecular flexibility index (Phi) is 9.96. The molecule has 7 nitrogen and oxygen atoms in total. The first-order valence-corrected chi connectivity index (χ1v) is 12.0. The lowest BCUT2D eigenvalue weighted by Gasteiger charge is -2.13. The van der Waals surface area contributed by atoms with E-state index in [4.69, 9.17) is 9.47 Å². The third-order valence-corrected chi connectivity index (χ3v) is 5.83. The standard InChI is InChI=1S/C13H11F3I3NO6S/c14-13(15,16)27(23,24)20-3-4-25-12(22)8-5-7(18)6-9(19)11(8)26-10(21)1-2-17/h5-6,20H,1-4H2. The summed E-state index contributed by atoms with van der Waals surface area (Å²) in [7, 11) is -5.52. The predicted octanol–water partition coefficient (Wildman–Crippen LogP) is 3.22. The second kappa shape index (κ2) is 10.7. The molecule has 1 aromatic carbocycles. The summed E-state index contributed by atoms with van der Waals surface area (Å²) in [4.78, 5) is 23.9. The summed E-state index contributed by atoms with van der Waals surface area (Å²) in [6.45, 7) is -1.41. The molecule has 0 saturated heterocycles. The molecule has 0 saturated carbocycles. The third kappa shape index (κ3) is 7.77. The topological polar surface area (TPSA) is 98.8 Å². The monoisotopic (exact) mass is 747 g/mol. The molecule has 1 N–H and O–H groups in total. The normalized spacial score (nSPS) is 11.9. The van der Waals surface area contributed by atoms with Gasteiger partial charge < -0.3 is 9.47 Å². The van der Waals surface area contributed by atoms with Crippen molar-refractivity contribution >= 4 is 89.7 Å². The maximum atomic E-state index is 12.2. The van der Waals surface area contributed by atoms with E-state index in [-0.39, 0.29) is 17.7 Å². The van der Waals surface area contributed by atoms with Crippen LogP contribution >= 0.6 is 67.8 Å². The Morgan fingerprint density at radius 2 is 1.81 bits per heavy atom. The fraction of sp³-hybridized carbons (Fsp3) is 0.385. The van der Waals surface area contributed by atoms with E-state index < -0.39 is 40.6 Å². The van der Waals surface area contributed by atoms with Crippen molar-refractivity contribution in [1.82, 2.24) is 4.72 Å². The van der Waals surface area contributed by atoms with Crippen molar-refractivity contribution in [2.24, 2.45) is 0 Å². The number of hydrogen-bond acceptors (Lipinski definition) is 6. The van der Waals surface area contributed by atoms with Crippen molar-refractivity contribution in [3.8, 4) is 5.75 Å². The van der Waals surface area contributed by atoms with Gasteiger partial charge in [-0.1, -0.05) is 22.6 Å². The van der Waals surface area contributed by atoms with Crippen molar-refractivity contribution in [3.05, 3.63) is 24.8 Å². The number of carbonyl (C=O) groups excluding carboxylic acids is 2. The molecule has 0 unspecified atom stereocenters. The summed E-state index contributed by atoms with van der Waals surface area (Å²) in [6, 6.07) is 3.04. The van der Waals surface area contributed by atoms with Gasteiger partial charge in [0.1, 0.15) is 12.2 Å². The van der Waals surface area contributed by atoms with E-state index in [0.717, 1.165) is 0 Å². The molecule has 152 valence electrons. The van der Waals surface area contributed by atoms with E-state index >= 15 is 0 Å². The Hall–Kier alpha value is 0.0500. The Balaban J connectivity index is 2.84. The highest BCUT2D eigenvalue weighted by Crippen LogP contribution is 2.29. The van der Waals surface area contributed by atoms with Gasteiger partial charge in [-0.15, -0.1) is 0 Å². The van der Waals surface area contributed by atoms with Crippen molar-refractivity contribution in [2.75, 3.05) is 17.6 Å². The highest BCUT2D eigenvalue weighted by molar-refractivity contribution is 14.1. The van der Waals surface area contributed by atoms with Gasteiger partial charge in [0.2, 0.25) is 0 Å². The van der Waals surface area contributed by atoms with Gasteiger partial charge in [-0.2, -0.15) is 13.2 Å². The smallest absolute Gasteiger partial charge is 0.461 e. The first-order valence-electron chi connectivity index (χ1n) is 6.87. The molecule has 0 atom stereocenters. The SMILES string of the molecule is O=C(CCI)Oc1c(I)cc(I)cc1C(=O)OCCNS(=O)(=O)C(F)(F)F. The highest BCUT2D eigenvalue weighted by atomic mass is 127. The van der Waals surface area contributed by atoms with Crippen LogP contribution in [-0.4, -0.2) is 43.4 Å². The second-order valence-corrected chi connectivity index (χ2v) is 9.90. The fourth-order valence-electron chi connectivity index (χ4n) is 1.54. The fourth-order valence-corrected chi connectivity index (χ4v) is 4.45. The zero-order valence-corrected chi connectivity index (χ0v) is 20.4. The average molecular weight is 747 g/mol. The molecular formula is C13H11F3I3NO6S. The van der Waals surface area contributed by atoms with Crippen molar-refractivity contribution < 1.29 is 40.7 Å². The molecule has 0 spiro atoms. The molecule has 0 amide bonds. The minimum absolute atomic E-state index is 0.0215. The summed E-state index contributed by atoms with van der Waals surface area (Å²) in [6.07, 6.45) is 0.121. The molecule has 14 heteroatoms. The number of rotatable bonds is 8. The van der Waals surface area contributed by atoms with Gasteiger partial charge in [-0.3, -0.25) is 4.79 Å². The van der Waals surface area contributed by atoms with E-state index in [2.05, 4.69) is 0 Å². The third-order valence-electron chi connectivity index (χ3n) is 2.67. The molecule has 27 heavy (non-hydrogen) atoms. The van der Waals surface area contributed by atoms with Gasteiger partial charge in [0.25, 0.3) is 0 Å². The number of carbonyl (C=O) groups is 2. The van der Waals surface area contributed by atoms with Crippen LogP contribution in [0.1, 0.15) is 16.8 Å². The van der Waals surface area contributed by atoms with Crippen LogP contribution in [-0.2, 0) is 19.6 Å². The summed E-state index contributed by atoms with van der Waals surface area (Å²) in [5.41, 5.74) is -5.55. The lowest BCUT2D eigenvalue weighted by molar-refractivity contribution is -0.133. The van der Waals surface area contributed by atoms with Crippen LogP contribution in [0.3, 0.4) is 0 Å². The first-order chi connectivity index (χ1) is 12.4. The lowest BCUT2D eigenvalue weighted by Crippen LogP contribution is -2.38. The molecule has 0 fully saturated rings. The number of benzene rings is 1. The Bertz CT molecular complexity index is 816. The van der Waals surface area contributed by atoms with Crippen LogP contribution in [0.25, 0.3) is 0 Å². The molecule has 0 aliphatic rings. The van der Waals surface area contributed by atoms with Crippen LogP contribution in [0.2, 0.25) is 0 Å². The number of nitrogens with one attached hydrogen (secondary N) is 1. The minimum atomic E-state index is -5.52. The minimum Gasteiger partial charge on any atom is -0.461 e. The van der Waals surface area contributed by atoms with E-state index in [1.54, 1.807) is 6.07 Å². The summed E-state index contributed by atoms with van der Waals surface area (Å²) in [5.74, 6) is -1.54. The summed E-state index contributed by atoms with van der Waals surface area (Å²) in [5, 5.41) is 0. The van der Waals surface area contributed by atoms with Gasteiger partial charge in [0.15, 0.2) is 5.75 Å². The quantitative estimate of drug-likeness (QED) is 0.144. The molecule has 0 bridgehead atoms. The molecule has 1 rings (SSSR count). The zero-order valence-electron chi connectivity index (χ0n) is 13.1. The summed E-state index contributed by atoms with van der Waals surface area (Å²) < 4.78 is 71.2. The Morgan fingerprint density at radius 1 is 1.19 bits per heavy atom. The number of halogens is 6. The molecular weight excluding hydrogens is 736 g/mol. The van der Waals surface area contributed by atoms with Crippen LogP contribution < -0.4 is 9.46 Å². The van der Waals surface area contributed by atoms with E-state index in [9.17, 15) is 31.2 Å². The molecule has 0 aliphatic heterocycles. The van der Waals surface area contributed by atoms with Crippen LogP contribution in [0.5, 0.6) is 5.75 Å². The van der Waals surface area contributed by atoms with Gasteiger partial charge in [-0.05, 0) is 57.3 Å². The molecule has 1 aromatic rings. The van der Waals surface area contributed by atoms with Crippen LogP contribution in [0.15, 0.2) is 12.1 Å². The van der Waals surface area contributed by atoms with E-state index in [1.807, 2.05) is 67.8 Å². The van der Waals surface area contributed by atoms with Crippen molar-refractivity contribution in [1.29, 1.82) is 0 Å². The zero-order chi connectivity index (χ0) is 20.8. The maximum absolute atomic E-state index is 12.2. The molecule has 0 heterocycles. The van der Waals surface area contributed by atoms with Gasteiger partial charge in [-0.25, -0.2) is 17.9 Å². The number of hydrogen-bond donors (Lipinski definition) is 1. The van der Waals surface area contributed by atoms with Gasteiger partial charge in [0, 0.05) is 14.5 Å². The Morgan fingerprint density at radius 3 is 2.37 bits per heavy atom. The van der Waals surface area contributed by atoms with Gasteiger partial charge in [0.05, 0.1) is 9.99 Å². The van der Waals surface area contributed by atoms with Gasteiger partial charge >= 0.3 is 27.5 Å². The lowest BCUT2D eigenvalue weighted by atomic mass is 10.2. The average Bonchev–Trinajstić information content (AvgIpc) is 2.52. The number of ether oxygens (including phenoxy) is 2. The summed E-state index contributed by atoms with van der Waals surface area (Å²) >= 11 is 5.77. The number of alkyl halides is 4. The number of sulfonamides is 1. The largest absolute Gasteiger partial charge is 0.511 e. The predicted molar refractivity (Wildman–Crippen MR) is 114 cm³/mol. The first kappa shape index (κ1) is 25.1. The van der Waals surface area contributed by atoms with Crippen molar-refractivity contribution in [3.63, 3.8) is 0 Å². The highest BCUT2D eigenvalue weighted by Gasteiger charge is 2.45. The maximum Gasteiger partial charge on any atom is 0.511 e. The van der Waals surface area contributed by atoms with Crippen LogP contribution in [0.4, 0.5) is 13.2 Å². The van der Waals surface area contributed by atoms with E-state index in [0.29, 0.717) is 11.6 Å². The molecule has 0 aromatic heterocycles. The van der Waals surface area contributed by atoms with E-state index in [1.165, 1.54) is 10.8 Å². The van der Waals surface area contributed by atoms with Crippen LogP contribution in [0, 0.1) is 7.14 Å². The molecule has 0 radical (unpaired) electrons. The van der Waals surface area contributed by atoms with Crippen molar-refractivity contribution in [2.45, 2.75) is 11.9 Å². The molecule has 0 aliphatic carbocycles.